The van der Waals surface area contributed by atoms with Crippen LogP contribution in [0.1, 0.15) is 41.5 Å². The minimum Gasteiger partial charge on any atom is -0.487 e. The van der Waals surface area contributed by atoms with Gasteiger partial charge in [-0.15, -0.1) is 0 Å². The van der Waals surface area contributed by atoms with Crippen LogP contribution in [0.3, 0.4) is 0 Å². The molecule has 0 N–H and O–H groups in total. The van der Waals surface area contributed by atoms with E-state index in [-0.39, 0.29) is 98.3 Å². The lowest BCUT2D eigenvalue weighted by molar-refractivity contribution is -0.0292. The minimum absolute atomic E-state index is 0.00667. The van der Waals surface area contributed by atoms with E-state index in [1.54, 1.807) is 35.2 Å². The first kappa shape index (κ1) is 66.4. The van der Waals surface area contributed by atoms with Crippen molar-refractivity contribution in [1.82, 2.24) is 0 Å². The summed E-state index contributed by atoms with van der Waals surface area (Å²) in [5.41, 5.74) is -0.862. The monoisotopic (exact) mass is 1100 g/mol. The largest absolute Gasteiger partial charge is 0.487 e. The zero-order valence-electron chi connectivity index (χ0n) is 45.5. The SMILES string of the molecule is COCCOCCOCCOCCO[C@@H](C)COc1cc(N2C(=O)c3c(N=C=O)ccc(N=C=O)c3C2=O)cc(OC[C@H](C)OCCOCCOCCOCCOC)c1OC[C@H](C)OCCOCCOCCOCCOC. The molecule has 0 fully saturated rings. The number of fused-ring (bicyclic) bond motifs is 1. The number of nitrogens with zero attached hydrogens (tertiary/aromatic N) is 3. The molecule has 0 spiro atoms. The van der Waals surface area contributed by atoms with Gasteiger partial charge in [0.15, 0.2) is 11.5 Å². The third-order valence-electron chi connectivity index (χ3n) is 10.4. The number of anilines is 1. The molecule has 0 aliphatic carbocycles. The van der Waals surface area contributed by atoms with Crippen molar-refractivity contribution in [1.29, 1.82) is 0 Å². The average Bonchev–Trinajstić information content (AvgIpc) is 3.70. The normalized spacial score (nSPS) is 13.3. The first-order valence-electron chi connectivity index (χ1n) is 25.5. The van der Waals surface area contributed by atoms with Gasteiger partial charge in [0.05, 0.1) is 205 Å². The quantitative estimate of drug-likeness (QED) is 0.0394. The fourth-order valence-electron chi connectivity index (χ4n) is 6.63. The van der Waals surface area contributed by atoms with Gasteiger partial charge in [-0.2, -0.15) is 9.98 Å². The molecule has 434 valence electrons. The number of imide groups is 1. The van der Waals surface area contributed by atoms with Crippen LogP contribution in [0.15, 0.2) is 34.3 Å². The van der Waals surface area contributed by atoms with Crippen LogP contribution in [0.5, 0.6) is 17.2 Å². The Labute approximate surface area is 450 Å². The Morgan fingerprint density at radius 2 is 0.688 bits per heavy atom. The van der Waals surface area contributed by atoms with Crippen LogP contribution in [0.2, 0.25) is 0 Å². The Kier molecular flexibility index (Phi) is 37.2. The molecule has 1 aliphatic heterocycles. The molecule has 3 atom stereocenters. The highest BCUT2D eigenvalue weighted by atomic mass is 16.6. The second kappa shape index (κ2) is 43.1. The fourth-order valence-corrected chi connectivity index (χ4v) is 6.63. The number of hydrogen-bond donors (Lipinski definition) is 0. The van der Waals surface area contributed by atoms with Crippen LogP contribution in [-0.2, 0) is 80.6 Å². The maximum Gasteiger partial charge on any atom is 0.268 e. The molecule has 0 unspecified atom stereocenters. The summed E-state index contributed by atoms with van der Waals surface area (Å²) < 4.78 is 102. The zero-order valence-corrected chi connectivity index (χ0v) is 45.5. The van der Waals surface area contributed by atoms with E-state index in [0.29, 0.717) is 126 Å². The average molecular weight is 1100 g/mol. The fraction of sp³-hybridized carbons (Fsp3) is 0.692. The minimum atomic E-state index is -0.870. The summed E-state index contributed by atoms with van der Waals surface area (Å²) in [6.45, 7) is 14.7. The standard InChI is InChI=1S/C52H79N3O22/c1-40(72-30-27-69-24-21-66-18-15-63-12-9-60-4)35-75-46-33-43(55-51(58)48-44(53-38-56)7-8-45(54-39-57)49(48)52(55)59)34-47(76-36-41(2)73-31-28-70-25-22-67-19-16-64-13-10-61-5)50(46)77-37-42(3)74-32-29-71-26-23-68-20-17-65-14-11-62-6/h7-8,33-34,40-42H,9-32,35-37H2,1-6H3/t40-,41-,42-/m0/s1. The Morgan fingerprint density at radius 1 is 0.416 bits per heavy atom. The summed E-state index contributed by atoms with van der Waals surface area (Å²) in [6.07, 6.45) is 1.32. The van der Waals surface area contributed by atoms with Gasteiger partial charge in [-0.25, -0.2) is 14.5 Å². The van der Waals surface area contributed by atoms with Crippen LogP contribution in [-0.4, -0.2) is 242 Å². The number of methoxy groups -OCH3 is 3. The van der Waals surface area contributed by atoms with Crippen molar-refractivity contribution in [2.75, 3.05) is 205 Å². The van der Waals surface area contributed by atoms with Gasteiger partial charge in [0.25, 0.3) is 11.8 Å². The highest BCUT2D eigenvalue weighted by Gasteiger charge is 2.42. The second-order valence-corrected chi connectivity index (χ2v) is 16.4. The molecule has 2 amide bonds. The predicted octanol–water partition coefficient (Wildman–Crippen LogP) is 3.86. The molecule has 1 heterocycles. The zero-order chi connectivity index (χ0) is 55.6. The molecule has 25 nitrogen and oxygen atoms in total. The molecule has 3 rings (SSSR count). The number of aliphatic imine (C=N–C) groups is 2. The van der Waals surface area contributed by atoms with Crippen molar-refractivity contribution in [2.45, 2.75) is 39.1 Å². The van der Waals surface area contributed by atoms with Gasteiger partial charge < -0.3 is 85.3 Å². The van der Waals surface area contributed by atoms with E-state index < -0.39 is 30.1 Å². The van der Waals surface area contributed by atoms with E-state index in [1.165, 1.54) is 36.4 Å². The van der Waals surface area contributed by atoms with Gasteiger partial charge in [-0.05, 0) is 32.9 Å². The highest BCUT2D eigenvalue weighted by Crippen LogP contribution is 2.46. The van der Waals surface area contributed by atoms with Crippen molar-refractivity contribution in [3.8, 4) is 17.2 Å². The van der Waals surface area contributed by atoms with Crippen molar-refractivity contribution >= 4 is 41.0 Å². The maximum absolute atomic E-state index is 14.3. The summed E-state index contributed by atoms with van der Waals surface area (Å²) in [7, 11) is 4.83. The van der Waals surface area contributed by atoms with Crippen LogP contribution >= 0.6 is 0 Å². The summed E-state index contributed by atoms with van der Waals surface area (Å²) >= 11 is 0. The van der Waals surface area contributed by atoms with E-state index in [9.17, 15) is 19.2 Å². The molecule has 0 aromatic heterocycles. The molecule has 2 aromatic rings. The molecule has 0 bridgehead atoms. The van der Waals surface area contributed by atoms with Gasteiger partial charge in [-0.3, -0.25) is 9.59 Å². The van der Waals surface area contributed by atoms with Crippen molar-refractivity contribution < 1.29 is 104 Å². The van der Waals surface area contributed by atoms with Gasteiger partial charge >= 0.3 is 0 Å². The molecule has 0 saturated heterocycles. The van der Waals surface area contributed by atoms with E-state index in [0.717, 1.165) is 4.90 Å². The Morgan fingerprint density at radius 3 is 0.974 bits per heavy atom. The Hall–Kier alpha value is -4.86. The smallest absolute Gasteiger partial charge is 0.268 e. The molecule has 25 heteroatoms. The van der Waals surface area contributed by atoms with E-state index in [1.807, 2.05) is 6.92 Å². The Bertz CT molecular complexity index is 1900. The lowest BCUT2D eigenvalue weighted by Gasteiger charge is -2.24. The highest BCUT2D eigenvalue weighted by molar-refractivity contribution is 6.37. The number of hydrogen-bond acceptors (Lipinski definition) is 24. The lowest BCUT2D eigenvalue weighted by atomic mass is 10.1. The third-order valence-corrected chi connectivity index (χ3v) is 10.4. The van der Waals surface area contributed by atoms with Gasteiger partial charge in [0.1, 0.15) is 19.8 Å². The molecular weight excluding hydrogens is 1020 g/mol. The molecule has 0 radical (unpaired) electrons. The van der Waals surface area contributed by atoms with Gasteiger partial charge in [-0.1, -0.05) is 0 Å². The lowest BCUT2D eigenvalue weighted by Crippen LogP contribution is -2.30. The molecule has 2 aromatic carbocycles. The van der Waals surface area contributed by atoms with E-state index >= 15 is 0 Å². The molecule has 77 heavy (non-hydrogen) atoms. The van der Waals surface area contributed by atoms with Crippen molar-refractivity contribution in [3.63, 3.8) is 0 Å². The first-order chi connectivity index (χ1) is 37.7. The first-order valence-corrected chi connectivity index (χ1v) is 25.5. The van der Waals surface area contributed by atoms with Gasteiger partial charge in [0.2, 0.25) is 17.9 Å². The summed E-state index contributed by atoms with van der Waals surface area (Å²) in [5.74, 6) is -1.51. The summed E-state index contributed by atoms with van der Waals surface area (Å²) in [6, 6.07) is 5.40. The summed E-state index contributed by atoms with van der Waals surface area (Å²) in [5, 5.41) is 0. The Balaban J connectivity index is 1.79. The van der Waals surface area contributed by atoms with E-state index in [2.05, 4.69) is 9.98 Å². The number of ether oxygens (including phenoxy) is 18. The van der Waals surface area contributed by atoms with Crippen LogP contribution in [0.25, 0.3) is 0 Å². The summed E-state index contributed by atoms with van der Waals surface area (Å²) in [4.78, 5) is 59.5. The molecular formula is C52H79N3O22. The van der Waals surface area contributed by atoms with Crippen LogP contribution < -0.4 is 19.1 Å². The maximum atomic E-state index is 14.3. The number of isocyanates is 2. The topological polar surface area (TPSA) is 262 Å². The second-order valence-electron chi connectivity index (χ2n) is 16.4. The van der Waals surface area contributed by atoms with Crippen LogP contribution in [0.4, 0.5) is 17.1 Å². The number of rotatable bonds is 51. The molecule has 1 aliphatic rings. The van der Waals surface area contributed by atoms with Gasteiger partial charge in [0, 0.05) is 33.5 Å². The third kappa shape index (κ3) is 27.5. The van der Waals surface area contributed by atoms with Crippen LogP contribution in [0, 0.1) is 0 Å². The number of benzene rings is 2. The predicted molar refractivity (Wildman–Crippen MR) is 275 cm³/mol. The number of carbonyl (C=O) groups is 2. The number of carbonyl (C=O) groups excluding carboxylic acids is 4. The van der Waals surface area contributed by atoms with E-state index in [4.69, 9.17) is 85.3 Å². The number of amides is 2. The molecule has 0 saturated carbocycles. The van der Waals surface area contributed by atoms with Crippen molar-refractivity contribution in [3.05, 3.63) is 35.4 Å². The van der Waals surface area contributed by atoms with Crippen molar-refractivity contribution in [2.24, 2.45) is 9.98 Å².